The molecule has 0 spiro atoms. The minimum Gasteiger partial charge on any atom is -0.314 e. The van der Waals surface area contributed by atoms with Crippen LogP contribution in [0.3, 0.4) is 0 Å². The van der Waals surface area contributed by atoms with E-state index in [0.717, 1.165) is 0 Å². The SMILES string of the molecule is CCNC(CC1CCCC(F)(F)C1)CC(F)(F)F. The van der Waals surface area contributed by atoms with Gasteiger partial charge in [0.05, 0.1) is 6.42 Å². The molecular formula is C12H20F5N. The zero-order valence-corrected chi connectivity index (χ0v) is 10.5. The van der Waals surface area contributed by atoms with Crippen LogP contribution in [0, 0.1) is 5.92 Å². The lowest BCUT2D eigenvalue weighted by Crippen LogP contribution is -2.37. The smallest absolute Gasteiger partial charge is 0.314 e. The zero-order chi connectivity index (χ0) is 13.8. The van der Waals surface area contributed by atoms with Crippen LogP contribution in [-0.2, 0) is 0 Å². The number of alkyl halides is 5. The molecule has 0 amide bonds. The normalized spacial score (nSPS) is 26.0. The van der Waals surface area contributed by atoms with Crippen molar-refractivity contribution in [2.75, 3.05) is 6.54 Å². The van der Waals surface area contributed by atoms with E-state index in [2.05, 4.69) is 5.32 Å². The molecule has 0 aromatic carbocycles. The van der Waals surface area contributed by atoms with E-state index in [0.29, 0.717) is 19.4 Å². The van der Waals surface area contributed by atoms with Crippen molar-refractivity contribution in [3.8, 4) is 0 Å². The van der Waals surface area contributed by atoms with Gasteiger partial charge in [-0.2, -0.15) is 13.2 Å². The number of hydrogen-bond acceptors (Lipinski definition) is 1. The molecule has 18 heavy (non-hydrogen) atoms. The standard InChI is InChI=1S/C12H20F5N/c1-2-18-10(8-12(15,16)17)6-9-4-3-5-11(13,14)7-9/h9-10,18H,2-8H2,1H3. The maximum Gasteiger partial charge on any atom is 0.390 e. The van der Waals surface area contributed by atoms with Crippen molar-refractivity contribution < 1.29 is 22.0 Å². The molecule has 1 rings (SSSR count). The molecule has 1 N–H and O–H groups in total. The van der Waals surface area contributed by atoms with Gasteiger partial charge in [-0.15, -0.1) is 0 Å². The third-order valence-electron chi connectivity index (χ3n) is 3.33. The highest BCUT2D eigenvalue weighted by Crippen LogP contribution is 2.39. The summed E-state index contributed by atoms with van der Waals surface area (Å²) in [5, 5.41) is 2.75. The molecule has 1 saturated carbocycles. The molecule has 1 fully saturated rings. The summed E-state index contributed by atoms with van der Waals surface area (Å²) in [6.45, 7) is 2.14. The lowest BCUT2D eigenvalue weighted by Gasteiger charge is -2.31. The Morgan fingerprint density at radius 3 is 2.50 bits per heavy atom. The van der Waals surface area contributed by atoms with Crippen LogP contribution in [0.5, 0.6) is 0 Å². The Bertz CT molecular complexity index is 251. The monoisotopic (exact) mass is 273 g/mol. The molecule has 1 aliphatic rings. The summed E-state index contributed by atoms with van der Waals surface area (Å²) < 4.78 is 63.4. The topological polar surface area (TPSA) is 12.0 Å². The second-order valence-corrected chi connectivity index (χ2v) is 5.13. The maximum absolute atomic E-state index is 13.2. The molecule has 108 valence electrons. The van der Waals surface area contributed by atoms with Crippen molar-refractivity contribution in [2.45, 2.75) is 63.6 Å². The first-order valence-corrected chi connectivity index (χ1v) is 6.40. The van der Waals surface area contributed by atoms with Crippen molar-refractivity contribution in [3.05, 3.63) is 0 Å². The van der Waals surface area contributed by atoms with E-state index in [4.69, 9.17) is 0 Å². The number of rotatable bonds is 5. The molecule has 6 heteroatoms. The summed E-state index contributed by atoms with van der Waals surface area (Å²) in [4.78, 5) is 0. The number of nitrogens with one attached hydrogen (secondary N) is 1. The fraction of sp³-hybridized carbons (Fsp3) is 1.00. The summed E-state index contributed by atoms with van der Waals surface area (Å²) in [6.07, 6.45) is -4.39. The molecule has 0 saturated heterocycles. The zero-order valence-electron chi connectivity index (χ0n) is 10.5. The molecule has 2 atom stereocenters. The highest BCUT2D eigenvalue weighted by Gasteiger charge is 2.38. The van der Waals surface area contributed by atoms with Gasteiger partial charge in [0.2, 0.25) is 5.92 Å². The first kappa shape index (κ1) is 15.7. The molecular weight excluding hydrogens is 253 g/mol. The molecule has 0 radical (unpaired) electrons. The Hall–Kier alpha value is -0.390. The van der Waals surface area contributed by atoms with Crippen molar-refractivity contribution >= 4 is 0 Å². The summed E-state index contributed by atoms with van der Waals surface area (Å²) in [5.41, 5.74) is 0. The largest absolute Gasteiger partial charge is 0.390 e. The van der Waals surface area contributed by atoms with Crippen molar-refractivity contribution in [1.82, 2.24) is 5.32 Å². The van der Waals surface area contributed by atoms with Crippen LogP contribution < -0.4 is 5.32 Å². The van der Waals surface area contributed by atoms with Crippen molar-refractivity contribution in [3.63, 3.8) is 0 Å². The van der Waals surface area contributed by atoms with Crippen LogP contribution in [0.15, 0.2) is 0 Å². The Balaban J connectivity index is 2.49. The van der Waals surface area contributed by atoms with Gasteiger partial charge in [-0.3, -0.25) is 0 Å². The van der Waals surface area contributed by atoms with Gasteiger partial charge in [-0.25, -0.2) is 8.78 Å². The molecule has 0 aromatic heterocycles. The van der Waals surface area contributed by atoms with Gasteiger partial charge in [0, 0.05) is 18.9 Å². The van der Waals surface area contributed by atoms with Gasteiger partial charge >= 0.3 is 6.18 Å². The molecule has 0 aromatic rings. The fourth-order valence-electron chi connectivity index (χ4n) is 2.69. The Morgan fingerprint density at radius 2 is 2.00 bits per heavy atom. The van der Waals surface area contributed by atoms with Gasteiger partial charge in [0.1, 0.15) is 0 Å². The molecule has 0 aliphatic heterocycles. The van der Waals surface area contributed by atoms with Gasteiger partial charge < -0.3 is 5.32 Å². The molecule has 2 unspecified atom stereocenters. The van der Waals surface area contributed by atoms with E-state index in [1.54, 1.807) is 6.92 Å². The lowest BCUT2D eigenvalue weighted by molar-refractivity contribution is -0.141. The first-order chi connectivity index (χ1) is 8.22. The summed E-state index contributed by atoms with van der Waals surface area (Å²) in [5.74, 6) is -3.00. The van der Waals surface area contributed by atoms with E-state index in [9.17, 15) is 22.0 Å². The van der Waals surface area contributed by atoms with Crippen LogP contribution in [-0.4, -0.2) is 24.7 Å². The van der Waals surface area contributed by atoms with Gasteiger partial charge in [-0.05, 0) is 31.7 Å². The third kappa shape index (κ3) is 5.98. The average Bonchev–Trinajstić information content (AvgIpc) is 2.13. The molecule has 0 bridgehead atoms. The summed E-state index contributed by atoms with van der Waals surface area (Å²) >= 11 is 0. The van der Waals surface area contributed by atoms with Crippen LogP contribution in [0.25, 0.3) is 0 Å². The molecule has 0 heterocycles. The quantitative estimate of drug-likeness (QED) is 0.743. The van der Waals surface area contributed by atoms with Crippen LogP contribution in [0.4, 0.5) is 22.0 Å². The van der Waals surface area contributed by atoms with E-state index in [1.165, 1.54) is 0 Å². The van der Waals surface area contributed by atoms with E-state index >= 15 is 0 Å². The first-order valence-electron chi connectivity index (χ1n) is 6.40. The lowest BCUT2D eigenvalue weighted by atomic mass is 9.82. The highest BCUT2D eigenvalue weighted by molar-refractivity contribution is 4.82. The van der Waals surface area contributed by atoms with Gasteiger partial charge in [-0.1, -0.05) is 6.92 Å². The summed E-state index contributed by atoms with van der Waals surface area (Å²) in [7, 11) is 0. The van der Waals surface area contributed by atoms with E-state index < -0.39 is 24.6 Å². The molecule has 1 aliphatic carbocycles. The Labute approximate surface area is 104 Å². The van der Waals surface area contributed by atoms with Gasteiger partial charge in [0.15, 0.2) is 0 Å². The van der Waals surface area contributed by atoms with Crippen molar-refractivity contribution in [1.29, 1.82) is 0 Å². The van der Waals surface area contributed by atoms with Crippen LogP contribution in [0.1, 0.15) is 45.4 Å². The van der Waals surface area contributed by atoms with E-state index in [1.807, 2.05) is 0 Å². The second kappa shape index (κ2) is 6.17. The average molecular weight is 273 g/mol. The van der Waals surface area contributed by atoms with Crippen LogP contribution >= 0.6 is 0 Å². The van der Waals surface area contributed by atoms with E-state index in [-0.39, 0.29) is 25.2 Å². The molecule has 1 nitrogen and oxygen atoms in total. The summed E-state index contributed by atoms with van der Waals surface area (Å²) in [6, 6.07) is -0.742. The number of hydrogen-bond donors (Lipinski definition) is 1. The van der Waals surface area contributed by atoms with Crippen LogP contribution in [0.2, 0.25) is 0 Å². The second-order valence-electron chi connectivity index (χ2n) is 5.13. The maximum atomic E-state index is 13.2. The number of halogens is 5. The minimum absolute atomic E-state index is 0.130. The predicted molar refractivity (Wildman–Crippen MR) is 59.7 cm³/mol. The highest BCUT2D eigenvalue weighted by atomic mass is 19.4. The Morgan fingerprint density at radius 1 is 1.33 bits per heavy atom. The van der Waals surface area contributed by atoms with Gasteiger partial charge in [0.25, 0.3) is 0 Å². The Kier molecular flexibility index (Phi) is 5.37. The fourth-order valence-corrected chi connectivity index (χ4v) is 2.69. The van der Waals surface area contributed by atoms with Crippen molar-refractivity contribution in [2.24, 2.45) is 5.92 Å². The predicted octanol–water partition coefficient (Wildman–Crippen LogP) is 4.13. The third-order valence-corrected chi connectivity index (χ3v) is 3.33. The minimum atomic E-state index is -4.25.